The average Bonchev–Trinajstić information content (AvgIpc) is 2.46. The highest BCUT2D eigenvalue weighted by Gasteiger charge is 2.10. The lowest BCUT2D eigenvalue weighted by Gasteiger charge is -2.07. The van der Waals surface area contributed by atoms with Crippen LogP contribution in [0.5, 0.6) is 0 Å². The summed E-state index contributed by atoms with van der Waals surface area (Å²) in [4.78, 5) is 31.0. The summed E-state index contributed by atoms with van der Waals surface area (Å²) in [6.07, 6.45) is 2.45. The van der Waals surface area contributed by atoms with Crippen LogP contribution in [0.1, 0.15) is 17.7 Å². The van der Waals surface area contributed by atoms with Crippen LogP contribution in [0, 0.1) is 6.92 Å². The van der Waals surface area contributed by atoms with Crippen LogP contribution in [0.2, 0.25) is 0 Å². The van der Waals surface area contributed by atoms with Crippen LogP contribution in [-0.2, 0) is 11.2 Å². The first-order chi connectivity index (χ1) is 10.5. The van der Waals surface area contributed by atoms with Crippen LogP contribution >= 0.6 is 27.7 Å². The van der Waals surface area contributed by atoms with Gasteiger partial charge in [0.15, 0.2) is 5.16 Å². The number of benzene rings is 1. The fourth-order valence-electron chi connectivity index (χ4n) is 2.00. The molecule has 0 unspecified atom stereocenters. The monoisotopic (exact) mass is 381 g/mol. The van der Waals surface area contributed by atoms with Crippen LogP contribution in [0.15, 0.2) is 38.7 Å². The molecule has 0 saturated carbocycles. The predicted molar refractivity (Wildman–Crippen MR) is 92.5 cm³/mol. The number of H-pyrrole nitrogens is 1. The van der Waals surface area contributed by atoms with Crippen LogP contribution in [0.25, 0.3) is 0 Å². The molecule has 116 valence electrons. The summed E-state index contributed by atoms with van der Waals surface area (Å²) in [5.74, 6) is -0.133. The molecule has 2 N–H and O–H groups in total. The van der Waals surface area contributed by atoms with Crippen molar-refractivity contribution in [3.05, 3.63) is 50.3 Å². The van der Waals surface area contributed by atoms with E-state index in [0.29, 0.717) is 22.8 Å². The van der Waals surface area contributed by atoms with Crippen LogP contribution in [0.4, 0.5) is 5.69 Å². The van der Waals surface area contributed by atoms with E-state index in [2.05, 4.69) is 31.2 Å². The quantitative estimate of drug-likeness (QED) is 0.616. The number of nitrogens with zero attached hydrogens (tertiary/aromatic N) is 1. The second-order valence-electron chi connectivity index (χ2n) is 4.70. The molecule has 2 rings (SSSR count). The zero-order valence-corrected chi connectivity index (χ0v) is 14.7. The average molecular weight is 382 g/mol. The van der Waals surface area contributed by atoms with Gasteiger partial charge in [0.05, 0.1) is 0 Å². The normalized spacial score (nSPS) is 10.5. The van der Waals surface area contributed by atoms with Gasteiger partial charge >= 0.3 is 0 Å². The van der Waals surface area contributed by atoms with Gasteiger partial charge in [-0.3, -0.25) is 9.59 Å². The van der Waals surface area contributed by atoms with Crippen LogP contribution in [0.3, 0.4) is 0 Å². The lowest BCUT2D eigenvalue weighted by molar-refractivity contribution is -0.116. The SMILES string of the molecule is CSc1nc(C)c(CCC(=O)Nc2cccc(Br)c2)c(=O)[nH]1. The number of rotatable bonds is 5. The number of aromatic nitrogens is 2. The van der Waals surface area contributed by atoms with Gasteiger partial charge in [-0.1, -0.05) is 33.8 Å². The predicted octanol–water partition coefficient (Wildman–Crippen LogP) is 3.13. The summed E-state index contributed by atoms with van der Waals surface area (Å²) in [6.45, 7) is 1.79. The lowest BCUT2D eigenvalue weighted by atomic mass is 10.1. The molecule has 0 bridgehead atoms. The molecule has 22 heavy (non-hydrogen) atoms. The summed E-state index contributed by atoms with van der Waals surface area (Å²) in [7, 11) is 0. The number of carbonyl (C=O) groups excluding carboxylic acids is 1. The van der Waals surface area contributed by atoms with Crippen molar-refractivity contribution in [1.82, 2.24) is 9.97 Å². The van der Waals surface area contributed by atoms with Crippen molar-refractivity contribution in [2.45, 2.75) is 24.9 Å². The zero-order chi connectivity index (χ0) is 16.1. The van der Waals surface area contributed by atoms with Gasteiger partial charge in [0, 0.05) is 27.8 Å². The number of hydrogen-bond donors (Lipinski definition) is 2. The summed E-state index contributed by atoms with van der Waals surface area (Å²) < 4.78 is 0.898. The second kappa shape index (κ2) is 7.60. The minimum absolute atomic E-state index is 0.133. The van der Waals surface area contributed by atoms with Crippen molar-refractivity contribution < 1.29 is 4.79 Å². The fourth-order valence-corrected chi connectivity index (χ4v) is 2.83. The van der Waals surface area contributed by atoms with Crippen molar-refractivity contribution in [2.75, 3.05) is 11.6 Å². The Bertz CT molecular complexity index is 746. The van der Waals surface area contributed by atoms with Crippen molar-refractivity contribution in [3.8, 4) is 0 Å². The third-order valence-corrected chi connectivity index (χ3v) is 4.18. The number of aryl methyl sites for hydroxylation is 1. The molecule has 0 atom stereocenters. The van der Waals surface area contributed by atoms with Gasteiger partial charge in [0.25, 0.3) is 5.56 Å². The van der Waals surface area contributed by atoms with E-state index in [1.807, 2.05) is 30.5 Å². The Morgan fingerprint density at radius 2 is 2.23 bits per heavy atom. The molecule has 0 fully saturated rings. The van der Waals surface area contributed by atoms with Crippen LogP contribution < -0.4 is 10.9 Å². The maximum absolute atomic E-state index is 12.0. The molecule has 1 amide bonds. The molecule has 0 aliphatic carbocycles. The van der Waals surface area contributed by atoms with E-state index < -0.39 is 0 Å². The molecule has 5 nitrogen and oxygen atoms in total. The van der Waals surface area contributed by atoms with E-state index in [0.717, 1.165) is 10.2 Å². The van der Waals surface area contributed by atoms with Gasteiger partial charge in [0.1, 0.15) is 0 Å². The van der Waals surface area contributed by atoms with Crippen molar-refractivity contribution in [3.63, 3.8) is 0 Å². The van der Waals surface area contributed by atoms with Crippen molar-refractivity contribution >= 4 is 39.3 Å². The molecular formula is C15H16BrN3O2S. The molecular weight excluding hydrogens is 366 g/mol. The largest absolute Gasteiger partial charge is 0.326 e. The van der Waals surface area contributed by atoms with Gasteiger partial charge in [0.2, 0.25) is 5.91 Å². The van der Waals surface area contributed by atoms with E-state index in [1.54, 1.807) is 6.92 Å². The van der Waals surface area contributed by atoms with Gasteiger partial charge in [-0.25, -0.2) is 4.98 Å². The Hall–Kier alpha value is -1.60. The molecule has 2 aromatic rings. The van der Waals surface area contributed by atoms with E-state index in [1.165, 1.54) is 11.8 Å². The number of anilines is 1. The fraction of sp³-hybridized carbons (Fsp3) is 0.267. The van der Waals surface area contributed by atoms with Gasteiger partial charge in [-0.05, 0) is 37.8 Å². The smallest absolute Gasteiger partial charge is 0.254 e. The van der Waals surface area contributed by atoms with Gasteiger partial charge < -0.3 is 10.3 Å². The zero-order valence-electron chi connectivity index (χ0n) is 12.3. The number of aromatic amines is 1. The van der Waals surface area contributed by atoms with E-state index in [-0.39, 0.29) is 17.9 Å². The first kappa shape index (κ1) is 16.8. The second-order valence-corrected chi connectivity index (χ2v) is 6.41. The van der Waals surface area contributed by atoms with E-state index in [4.69, 9.17) is 0 Å². The number of carbonyl (C=O) groups is 1. The topological polar surface area (TPSA) is 74.8 Å². The summed E-state index contributed by atoms with van der Waals surface area (Å²) >= 11 is 4.74. The highest BCUT2D eigenvalue weighted by molar-refractivity contribution is 9.10. The molecule has 0 saturated heterocycles. The number of nitrogens with one attached hydrogen (secondary N) is 2. The number of amides is 1. The third-order valence-electron chi connectivity index (χ3n) is 3.10. The first-order valence-electron chi connectivity index (χ1n) is 6.69. The Morgan fingerprint density at radius 1 is 1.45 bits per heavy atom. The summed E-state index contributed by atoms with van der Waals surface area (Å²) in [6, 6.07) is 7.37. The maximum atomic E-state index is 12.0. The van der Waals surface area contributed by atoms with Crippen molar-refractivity contribution in [1.29, 1.82) is 0 Å². The van der Waals surface area contributed by atoms with E-state index in [9.17, 15) is 9.59 Å². The van der Waals surface area contributed by atoms with Gasteiger partial charge in [-0.15, -0.1) is 0 Å². The Kier molecular flexibility index (Phi) is 5.79. The molecule has 0 spiro atoms. The molecule has 1 aromatic carbocycles. The Labute approximate surface area is 141 Å². The highest BCUT2D eigenvalue weighted by atomic mass is 79.9. The lowest BCUT2D eigenvalue weighted by Crippen LogP contribution is -2.20. The number of halogens is 1. The van der Waals surface area contributed by atoms with Crippen LogP contribution in [-0.4, -0.2) is 22.1 Å². The Morgan fingerprint density at radius 3 is 2.86 bits per heavy atom. The molecule has 0 aliphatic rings. The maximum Gasteiger partial charge on any atom is 0.254 e. The molecule has 7 heteroatoms. The molecule has 1 aromatic heterocycles. The third kappa shape index (κ3) is 4.45. The summed E-state index contributed by atoms with van der Waals surface area (Å²) in [5, 5.41) is 3.40. The molecule has 0 aliphatic heterocycles. The minimum Gasteiger partial charge on any atom is -0.326 e. The highest BCUT2D eigenvalue weighted by Crippen LogP contribution is 2.16. The van der Waals surface area contributed by atoms with Crippen molar-refractivity contribution in [2.24, 2.45) is 0 Å². The molecule has 1 heterocycles. The Balaban J connectivity index is 2.01. The number of thioether (sulfide) groups is 1. The summed E-state index contributed by atoms with van der Waals surface area (Å²) in [5.41, 5.74) is 1.78. The minimum atomic E-state index is -0.174. The van der Waals surface area contributed by atoms with E-state index >= 15 is 0 Å². The first-order valence-corrected chi connectivity index (χ1v) is 8.70. The van der Waals surface area contributed by atoms with Gasteiger partial charge in [-0.2, -0.15) is 0 Å². The molecule has 0 radical (unpaired) electrons. The standard InChI is InChI=1S/C15H16BrN3O2S/c1-9-12(14(21)19-15(17-9)22-2)6-7-13(20)18-11-5-3-4-10(16)8-11/h3-5,8H,6-7H2,1-2H3,(H,18,20)(H,17,19,21). The number of hydrogen-bond acceptors (Lipinski definition) is 4.